The minimum absolute atomic E-state index is 0.00739. The molecule has 2 heterocycles. The number of hydrogen-bond acceptors (Lipinski definition) is 10. The number of sulfonamides is 1. The van der Waals surface area contributed by atoms with Gasteiger partial charge in [-0.25, -0.2) is 28.0 Å². The summed E-state index contributed by atoms with van der Waals surface area (Å²) < 4.78 is 38.4. The molecule has 14 heteroatoms. The highest BCUT2D eigenvalue weighted by Crippen LogP contribution is 2.29. The monoisotopic (exact) mass is 548 g/mol. The Kier molecular flexibility index (Phi) is 9.12. The first kappa shape index (κ1) is 28.7. The van der Waals surface area contributed by atoms with E-state index in [1.54, 1.807) is 51.4 Å². The second-order valence-corrected chi connectivity index (χ2v) is 11.2. The molecule has 2 aromatic rings. The highest BCUT2D eigenvalue weighted by molar-refractivity contribution is 7.89. The third-order valence-electron chi connectivity index (χ3n) is 5.30. The van der Waals surface area contributed by atoms with Gasteiger partial charge in [-0.05, 0) is 39.0 Å². The van der Waals surface area contributed by atoms with Gasteiger partial charge >= 0.3 is 12.2 Å². The van der Waals surface area contributed by atoms with Gasteiger partial charge in [0.05, 0.1) is 5.69 Å². The first-order valence-corrected chi connectivity index (χ1v) is 13.3. The minimum Gasteiger partial charge on any atom is -0.465 e. The standard InChI is InChI=1S/C24H32N6O7S/c1-5-17-15-26-21(27-16-17)28-18-6-7-20(38(34,35)30-11-9-29(10-12-30)22(31)32)19(14-18)25-8-13-36-23(33)37-24(2,3)4/h5-7,14-16,25H,1,8-13H2,2-4H3,(H,31,32)(H,26,27,28). The van der Waals surface area contributed by atoms with Crippen LogP contribution < -0.4 is 10.6 Å². The fourth-order valence-corrected chi connectivity index (χ4v) is 5.04. The molecule has 1 amide bonds. The molecule has 1 saturated heterocycles. The Morgan fingerprint density at radius 1 is 1.16 bits per heavy atom. The number of nitrogens with one attached hydrogen (secondary N) is 2. The molecule has 0 unspecified atom stereocenters. The number of carbonyl (C=O) groups excluding carboxylic acids is 1. The molecule has 1 aromatic carbocycles. The number of rotatable bonds is 9. The Morgan fingerprint density at radius 3 is 2.39 bits per heavy atom. The van der Waals surface area contributed by atoms with Crippen molar-refractivity contribution in [2.75, 3.05) is 50.0 Å². The third-order valence-corrected chi connectivity index (χ3v) is 7.25. The van der Waals surface area contributed by atoms with Crippen LogP contribution in [0.5, 0.6) is 0 Å². The van der Waals surface area contributed by atoms with Crippen LogP contribution in [0.15, 0.2) is 42.1 Å². The van der Waals surface area contributed by atoms with Crippen molar-refractivity contribution < 1.29 is 32.6 Å². The molecule has 0 atom stereocenters. The van der Waals surface area contributed by atoms with Crippen LogP contribution in [0.1, 0.15) is 26.3 Å². The number of ether oxygens (including phenoxy) is 2. The molecule has 1 fully saturated rings. The molecule has 206 valence electrons. The molecule has 0 saturated carbocycles. The maximum atomic E-state index is 13.5. The van der Waals surface area contributed by atoms with E-state index in [-0.39, 0.29) is 49.9 Å². The van der Waals surface area contributed by atoms with Gasteiger partial charge in [-0.1, -0.05) is 12.7 Å². The molecule has 1 aromatic heterocycles. The number of anilines is 3. The smallest absolute Gasteiger partial charge is 0.465 e. The van der Waals surface area contributed by atoms with Crippen molar-refractivity contribution >= 4 is 45.7 Å². The summed E-state index contributed by atoms with van der Waals surface area (Å²) >= 11 is 0. The summed E-state index contributed by atoms with van der Waals surface area (Å²) in [4.78, 5) is 32.6. The summed E-state index contributed by atoms with van der Waals surface area (Å²) in [6, 6.07) is 4.60. The molecular formula is C24H32N6O7S. The van der Waals surface area contributed by atoms with Crippen LogP contribution in [0.4, 0.5) is 26.9 Å². The van der Waals surface area contributed by atoms with Gasteiger partial charge in [0, 0.05) is 56.4 Å². The van der Waals surface area contributed by atoms with Crippen molar-refractivity contribution in [3.8, 4) is 0 Å². The molecule has 38 heavy (non-hydrogen) atoms. The molecule has 1 aliphatic heterocycles. The van der Waals surface area contributed by atoms with E-state index in [1.165, 1.54) is 15.3 Å². The lowest BCUT2D eigenvalue weighted by Gasteiger charge is -2.32. The molecule has 1 aliphatic rings. The van der Waals surface area contributed by atoms with E-state index >= 15 is 0 Å². The summed E-state index contributed by atoms with van der Waals surface area (Å²) in [7, 11) is -3.97. The number of nitrogens with zero attached hydrogens (tertiary/aromatic N) is 4. The Bertz CT molecular complexity index is 1250. The molecule has 3 rings (SSSR count). The van der Waals surface area contributed by atoms with Gasteiger partial charge in [-0.2, -0.15) is 4.31 Å². The highest BCUT2D eigenvalue weighted by atomic mass is 32.2. The molecule has 0 aliphatic carbocycles. The number of carbonyl (C=O) groups is 2. The van der Waals surface area contributed by atoms with Crippen molar-refractivity contribution in [3.63, 3.8) is 0 Å². The van der Waals surface area contributed by atoms with Crippen LogP contribution in [-0.4, -0.2) is 89.9 Å². The average Bonchev–Trinajstić information content (AvgIpc) is 2.86. The van der Waals surface area contributed by atoms with E-state index < -0.39 is 27.9 Å². The second-order valence-electron chi connectivity index (χ2n) is 9.29. The van der Waals surface area contributed by atoms with Crippen LogP contribution in [0.3, 0.4) is 0 Å². The van der Waals surface area contributed by atoms with Gasteiger partial charge in [0.25, 0.3) is 0 Å². The predicted molar refractivity (Wildman–Crippen MR) is 141 cm³/mol. The van der Waals surface area contributed by atoms with Gasteiger partial charge in [0.1, 0.15) is 17.1 Å². The number of piperazine rings is 1. The molecule has 13 nitrogen and oxygen atoms in total. The summed E-state index contributed by atoms with van der Waals surface area (Å²) in [5.74, 6) is 0.301. The number of aromatic nitrogens is 2. The zero-order valence-electron chi connectivity index (χ0n) is 21.5. The lowest BCUT2D eigenvalue weighted by atomic mass is 10.2. The number of hydrogen-bond donors (Lipinski definition) is 3. The van der Waals surface area contributed by atoms with Gasteiger partial charge in [0.2, 0.25) is 16.0 Å². The van der Waals surface area contributed by atoms with E-state index in [0.717, 1.165) is 5.56 Å². The summed E-state index contributed by atoms with van der Waals surface area (Å²) in [6.07, 6.45) is 2.87. The van der Waals surface area contributed by atoms with Crippen LogP contribution in [0, 0.1) is 0 Å². The predicted octanol–water partition coefficient (Wildman–Crippen LogP) is 3.21. The minimum atomic E-state index is -3.97. The van der Waals surface area contributed by atoms with Crippen LogP contribution in [0.25, 0.3) is 6.08 Å². The second kappa shape index (κ2) is 12.1. The fraction of sp³-hybridized carbons (Fsp3) is 0.417. The third kappa shape index (κ3) is 7.79. The van der Waals surface area contributed by atoms with E-state index in [9.17, 15) is 23.1 Å². The molecular weight excluding hydrogens is 516 g/mol. The maximum absolute atomic E-state index is 13.5. The quantitative estimate of drug-likeness (QED) is 0.311. The largest absolute Gasteiger partial charge is 0.508 e. The highest BCUT2D eigenvalue weighted by Gasteiger charge is 2.32. The van der Waals surface area contributed by atoms with Gasteiger partial charge < -0.3 is 30.1 Å². The van der Waals surface area contributed by atoms with Gasteiger partial charge in [0.15, 0.2) is 0 Å². The molecule has 3 N–H and O–H groups in total. The lowest BCUT2D eigenvalue weighted by molar-refractivity contribution is -0.00547. The van der Waals surface area contributed by atoms with Crippen LogP contribution >= 0.6 is 0 Å². The summed E-state index contributed by atoms with van der Waals surface area (Å²) in [5.41, 5.74) is 0.808. The van der Waals surface area contributed by atoms with E-state index in [1.807, 2.05) is 0 Å². The Balaban J connectivity index is 1.79. The van der Waals surface area contributed by atoms with Crippen molar-refractivity contribution in [1.29, 1.82) is 0 Å². The zero-order valence-corrected chi connectivity index (χ0v) is 22.3. The summed E-state index contributed by atoms with van der Waals surface area (Å²) in [5, 5.41) is 15.2. The van der Waals surface area contributed by atoms with E-state index in [2.05, 4.69) is 27.2 Å². The van der Waals surface area contributed by atoms with Crippen molar-refractivity contribution in [1.82, 2.24) is 19.2 Å². The van der Waals surface area contributed by atoms with Crippen LogP contribution in [-0.2, 0) is 19.5 Å². The number of benzene rings is 1. The maximum Gasteiger partial charge on any atom is 0.508 e. The summed E-state index contributed by atoms with van der Waals surface area (Å²) in [6.45, 7) is 9.03. The zero-order chi connectivity index (χ0) is 27.9. The molecule has 0 spiro atoms. The number of amides is 1. The Labute approximate surface area is 221 Å². The topological polar surface area (TPSA) is 163 Å². The fourth-order valence-electron chi connectivity index (χ4n) is 3.47. The molecule has 0 radical (unpaired) electrons. The Morgan fingerprint density at radius 2 is 1.82 bits per heavy atom. The Hall–Kier alpha value is -3.91. The lowest BCUT2D eigenvalue weighted by Crippen LogP contribution is -2.50. The van der Waals surface area contributed by atoms with Crippen molar-refractivity contribution in [3.05, 3.63) is 42.7 Å². The SMILES string of the molecule is C=Cc1cnc(Nc2ccc(S(=O)(=O)N3CCN(C(=O)O)CC3)c(NCCOC(=O)OC(C)(C)C)c2)nc1. The van der Waals surface area contributed by atoms with E-state index in [0.29, 0.717) is 11.6 Å². The van der Waals surface area contributed by atoms with Crippen LogP contribution in [0.2, 0.25) is 0 Å². The van der Waals surface area contributed by atoms with Crippen molar-refractivity contribution in [2.45, 2.75) is 31.3 Å². The van der Waals surface area contributed by atoms with Gasteiger partial charge in [-0.15, -0.1) is 0 Å². The first-order valence-electron chi connectivity index (χ1n) is 11.8. The van der Waals surface area contributed by atoms with Crippen molar-refractivity contribution in [2.24, 2.45) is 0 Å². The first-order chi connectivity index (χ1) is 17.9. The molecule has 0 bridgehead atoms. The van der Waals surface area contributed by atoms with Gasteiger partial charge in [-0.3, -0.25) is 0 Å². The normalized spacial score (nSPS) is 14.4. The average molecular weight is 549 g/mol. The number of carboxylic acid groups (broad SMARTS) is 1. The van der Waals surface area contributed by atoms with E-state index in [4.69, 9.17) is 9.47 Å².